The highest BCUT2D eigenvalue weighted by Crippen LogP contribution is 2.47. The molecule has 1 N–H and O–H groups in total. The van der Waals surface area contributed by atoms with Crippen LogP contribution in [0.1, 0.15) is 68.9 Å². The molecule has 0 bridgehead atoms. The van der Waals surface area contributed by atoms with Gasteiger partial charge in [0.1, 0.15) is 5.52 Å². The number of aromatic nitrogens is 1. The lowest BCUT2D eigenvalue weighted by atomic mass is 9.63. The van der Waals surface area contributed by atoms with Crippen LogP contribution >= 0.6 is 0 Å². The third-order valence-corrected chi connectivity index (χ3v) is 6.09. The van der Waals surface area contributed by atoms with Gasteiger partial charge in [0.15, 0.2) is 5.58 Å². The summed E-state index contributed by atoms with van der Waals surface area (Å²) < 4.78 is 6.12. The minimum atomic E-state index is -0.0660. The van der Waals surface area contributed by atoms with Crippen molar-refractivity contribution in [3.8, 4) is 11.5 Å². The summed E-state index contributed by atoms with van der Waals surface area (Å²) in [4.78, 5) is 16.7. The third kappa shape index (κ3) is 3.11. The number of carbonyl (C=O) groups is 1. The molecule has 4 rings (SSSR count). The largest absolute Gasteiger partial charge is 0.436 e. The van der Waals surface area contributed by atoms with Gasteiger partial charge in [0.2, 0.25) is 5.89 Å². The number of nitrogens with zero attached hydrogens (tertiary/aromatic N) is 1. The molecule has 0 fully saturated rings. The summed E-state index contributed by atoms with van der Waals surface area (Å²) in [6, 6.07) is 11.8. The number of rotatable bonds is 3. The summed E-state index contributed by atoms with van der Waals surface area (Å²) in [5, 5.41) is 2.81. The van der Waals surface area contributed by atoms with E-state index >= 15 is 0 Å². The molecule has 0 spiro atoms. The van der Waals surface area contributed by atoms with E-state index in [4.69, 9.17) is 9.40 Å². The van der Waals surface area contributed by atoms with E-state index in [1.54, 1.807) is 0 Å². The van der Waals surface area contributed by atoms with Crippen LogP contribution in [0.15, 0.2) is 40.8 Å². The Morgan fingerprint density at radius 3 is 2.25 bits per heavy atom. The first-order valence-electron chi connectivity index (χ1n) is 10.1. The Balaban J connectivity index is 1.76. The lowest BCUT2D eigenvalue weighted by Gasteiger charge is -2.41. The number of nitrogens with one attached hydrogen (secondary N) is 1. The molecule has 1 aliphatic rings. The first kappa shape index (κ1) is 18.7. The zero-order valence-electron chi connectivity index (χ0n) is 17.3. The monoisotopic (exact) mass is 376 g/mol. The molecule has 0 atom stereocenters. The fourth-order valence-electron chi connectivity index (χ4n) is 4.14. The number of hydrogen-bond acceptors (Lipinski definition) is 3. The molecule has 28 heavy (non-hydrogen) atoms. The van der Waals surface area contributed by atoms with Gasteiger partial charge in [-0.25, -0.2) is 4.98 Å². The Labute approximate surface area is 166 Å². The third-order valence-electron chi connectivity index (χ3n) is 6.09. The summed E-state index contributed by atoms with van der Waals surface area (Å²) >= 11 is 0. The normalized spacial score (nSPS) is 17.3. The van der Waals surface area contributed by atoms with Crippen LogP contribution in [-0.4, -0.2) is 17.4 Å². The van der Waals surface area contributed by atoms with Crippen molar-refractivity contribution in [2.45, 2.75) is 58.3 Å². The highest BCUT2D eigenvalue weighted by Gasteiger charge is 2.37. The number of amides is 1. The Bertz CT molecular complexity index is 989. The number of benzene rings is 2. The molecule has 0 radical (unpaired) electrons. The molecule has 2 aromatic carbocycles. The molecule has 0 aliphatic heterocycles. The van der Waals surface area contributed by atoms with Crippen molar-refractivity contribution in [2.24, 2.45) is 0 Å². The maximum atomic E-state index is 12.0. The predicted octanol–water partition coefficient (Wildman–Crippen LogP) is 5.59. The van der Waals surface area contributed by atoms with Crippen molar-refractivity contribution in [3.63, 3.8) is 0 Å². The van der Waals surface area contributed by atoms with E-state index in [1.807, 2.05) is 31.2 Å². The zero-order chi connectivity index (χ0) is 20.1. The molecule has 1 amide bonds. The molecular formula is C24H28N2O2. The quantitative estimate of drug-likeness (QED) is 0.648. The lowest BCUT2D eigenvalue weighted by molar-refractivity contribution is 0.0956. The summed E-state index contributed by atoms with van der Waals surface area (Å²) in [7, 11) is 0. The molecule has 1 heterocycles. The minimum Gasteiger partial charge on any atom is -0.436 e. The highest BCUT2D eigenvalue weighted by atomic mass is 16.3. The van der Waals surface area contributed by atoms with Crippen LogP contribution in [-0.2, 0) is 10.8 Å². The van der Waals surface area contributed by atoms with Crippen molar-refractivity contribution in [3.05, 3.63) is 53.1 Å². The summed E-state index contributed by atoms with van der Waals surface area (Å²) in [5.74, 6) is 0.527. The smallest absolute Gasteiger partial charge is 0.251 e. The van der Waals surface area contributed by atoms with Gasteiger partial charge in [0.25, 0.3) is 5.91 Å². The van der Waals surface area contributed by atoms with E-state index in [-0.39, 0.29) is 16.7 Å². The average molecular weight is 377 g/mol. The van der Waals surface area contributed by atoms with E-state index < -0.39 is 0 Å². The molecule has 4 heteroatoms. The van der Waals surface area contributed by atoms with Gasteiger partial charge in [0, 0.05) is 17.7 Å². The second kappa shape index (κ2) is 6.47. The van der Waals surface area contributed by atoms with E-state index in [0.29, 0.717) is 18.0 Å². The molecule has 0 saturated carbocycles. The first-order valence-corrected chi connectivity index (χ1v) is 10.1. The van der Waals surface area contributed by atoms with E-state index in [2.05, 4.69) is 45.1 Å². The molecular weight excluding hydrogens is 348 g/mol. The van der Waals surface area contributed by atoms with Crippen LogP contribution < -0.4 is 5.32 Å². The Morgan fingerprint density at radius 2 is 1.64 bits per heavy atom. The van der Waals surface area contributed by atoms with Gasteiger partial charge in [-0.3, -0.25) is 4.79 Å². The van der Waals surface area contributed by atoms with Crippen LogP contribution in [0.2, 0.25) is 0 Å². The molecule has 3 aromatic rings. The SMILES string of the molecule is CCNC(=O)c1ccc(-c2nc3cc4c(cc3o2)C(C)(C)CCC4(C)C)cc1. The van der Waals surface area contributed by atoms with Crippen molar-refractivity contribution in [1.29, 1.82) is 0 Å². The average Bonchev–Trinajstić information content (AvgIpc) is 3.08. The van der Waals surface area contributed by atoms with Gasteiger partial charge in [-0.2, -0.15) is 0 Å². The van der Waals surface area contributed by atoms with Crippen LogP contribution in [0.5, 0.6) is 0 Å². The maximum Gasteiger partial charge on any atom is 0.251 e. The van der Waals surface area contributed by atoms with Crippen LogP contribution in [0.25, 0.3) is 22.6 Å². The molecule has 0 saturated heterocycles. The lowest BCUT2D eigenvalue weighted by Crippen LogP contribution is -2.33. The molecule has 1 aliphatic carbocycles. The zero-order valence-corrected chi connectivity index (χ0v) is 17.3. The standard InChI is InChI=1S/C24H28N2O2/c1-6-25-21(27)15-7-9-16(10-8-15)22-26-19-13-17-18(14-20(19)28-22)24(4,5)12-11-23(17,2)3/h7-10,13-14H,6,11-12H2,1-5H3,(H,25,27). The van der Waals surface area contributed by atoms with Crippen LogP contribution in [0, 0.1) is 0 Å². The topological polar surface area (TPSA) is 55.1 Å². The van der Waals surface area contributed by atoms with Gasteiger partial charge < -0.3 is 9.73 Å². The molecule has 1 aromatic heterocycles. The Morgan fingerprint density at radius 1 is 1.04 bits per heavy atom. The molecule has 4 nitrogen and oxygen atoms in total. The summed E-state index contributed by atoms with van der Waals surface area (Å²) in [5.41, 5.74) is 6.27. The van der Waals surface area contributed by atoms with Gasteiger partial charge in [-0.1, -0.05) is 27.7 Å². The van der Waals surface area contributed by atoms with Crippen LogP contribution in [0.4, 0.5) is 0 Å². The maximum absolute atomic E-state index is 12.0. The minimum absolute atomic E-state index is 0.0660. The molecule has 0 unspecified atom stereocenters. The number of carbonyl (C=O) groups excluding carboxylic acids is 1. The van der Waals surface area contributed by atoms with Gasteiger partial charge in [-0.15, -0.1) is 0 Å². The van der Waals surface area contributed by atoms with Gasteiger partial charge >= 0.3 is 0 Å². The second-order valence-corrected chi connectivity index (χ2v) is 9.09. The summed E-state index contributed by atoms with van der Waals surface area (Å²) in [6.07, 6.45) is 2.34. The van der Waals surface area contributed by atoms with E-state index in [1.165, 1.54) is 24.0 Å². The first-order chi connectivity index (χ1) is 13.2. The van der Waals surface area contributed by atoms with Crippen molar-refractivity contribution in [2.75, 3.05) is 6.54 Å². The van der Waals surface area contributed by atoms with Crippen LogP contribution in [0.3, 0.4) is 0 Å². The predicted molar refractivity (Wildman–Crippen MR) is 113 cm³/mol. The number of hydrogen-bond donors (Lipinski definition) is 1. The van der Waals surface area contributed by atoms with Gasteiger partial charge in [-0.05, 0) is 78.1 Å². The summed E-state index contributed by atoms with van der Waals surface area (Å²) in [6.45, 7) is 11.8. The number of oxazole rings is 1. The van der Waals surface area contributed by atoms with Crippen molar-refractivity contribution < 1.29 is 9.21 Å². The Hall–Kier alpha value is -2.62. The Kier molecular flexibility index (Phi) is 4.33. The van der Waals surface area contributed by atoms with Gasteiger partial charge in [0.05, 0.1) is 0 Å². The number of fused-ring (bicyclic) bond motifs is 2. The van der Waals surface area contributed by atoms with Crippen molar-refractivity contribution >= 4 is 17.0 Å². The fraction of sp³-hybridized carbons (Fsp3) is 0.417. The highest BCUT2D eigenvalue weighted by molar-refractivity contribution is 5.94. The van der Waals surface area contributed by atoms with Crippen molar-refractivity contribution in [1.82, 2.24) is 10.3 Å². The fourth-order valence-corrected chi connectivity index (χ4v) is 4.14. The second-order valence-electron chi connectivity index (χ2n) is 9.09. The molecule has 146 valence electrons. The van der Waals surface area contributed by atoms with E-state index in [0.717, 1.165) is 16.7 Å². The van der Waals surface area contributed by atoms with E-state index in [9.17, 15) is 4.79 Å².